The van der Waals surface area contributed by atoms with Crippen molar-refractivity contribution in [2.75, 3.05) is 16.3 Å². The van der Waals surface area contributed by atoms with Gasteiger partial charge in [-0.3, -0.25) is 24.0 Å². The third kappa shape index (κ3) is 5.25. The molecule has 1 atom stereocenters. The first-order valence-corrected chi connectivity index (χ1v) is 10.7. The summed E-state index contributed by atoms with van der Waals surface area (Å²) in [5.74, 6) is -2.00. The molecule has 0 aliphatic carbocycles. The third-order valence-corrected chi connectivity index (χ3v) is 5.47. The van der Waals surface area contributed by atoms with Crippen LogP contribution in [-0.2, 0) is 18.4 Å². The molecule has 1 aliphatic heterocycles. The van der Waals surface area contributed by atoms with Crippen molar-refractivity contribution >= 4 is 29.1 Å². The molecule has 0 saturated carbocycles. The minimum absolute atomic E-state index is 0.00494. The molecule has 14 heteroatoms. The molecule has 10 nitrogen and oxygen atoms in total. The molecule has 0 amide bonds. The Morgan fingerprint density at radius 3 is 2.42 bits per heavy atom. The van der Waals surface area contributed by atoms with Gasteiger partial charge in [0.1, 0.15) is 29.5 Å². The average Bonchev–Trinajstić information content (AvgIpc) is 3.06. The third-order valence-electron chi connectivity index (χ3n) is 5.21. The smallest absolute Gasteiger partial charge is 0.480 e. The van der Waals surface area contributed by atoms with E-state index in [1.807, 2.05) is 0 Å². The maximum Gasteiger partial charge on any atom is 0.573 e. The number of carboxylic acids is 1. The molecule has 0 radical (unpaired) electrons. The number of hydrogen-bond donors (Lipinski definition) is 2. The first kappa shape index (κ1) is 25.0. The molecule has 2 N–H and O–H groups in total. The molecular formula is C22H18ClF3N4O6. The molecule has 1 unspecified atom stereocenters. The molecule has 1 aliphatic rings. The lowest BCUT2D eigenvalue weighted by molar-refractivity contribution is -0.274. The molecular weight excluding hydrogens is 509 g/mol. The zero-order valence-electron chi connectivity index (χ0n) is 18.5. The van der Waals surface area contributed by atoms with Crippen molar-refractivity contribution in [3.05, 3.63) is 80.0 Å². The minimum atomic E-state index is -4.94. The number of alkyl halides is 3. The van der Waals surface area contributed by atoms with E-state index in [4.69, 9.17) is 16.3 Å². The van der Waals surface area contributed by atoms with Crippen LogP contribution < -0.4 is 30.5 Å². The summed E-state index contributed by atoms with van der Waals surface area (Å²) >= 11 is 5.95. The number of rotatable bonds is 7. The average molecular weight is 527 g/mol. The Bertz CT molecular complexity index is 1410. The van der Waals surface area contributed by atoms with E-state index in [0.29, 0.717) is 10.6 Å². The van der Waals surface area contributed by atoms with Crippen LogP contribution in [0.25, 0.3) is 0 Å². The van der Waals surface area contributed by atoms with Gasteiger partial charge in [0.05, 0.1) is 0 Å². The van der Waals surface area contributed by atoms with Gasteiger partial charge in [0.15, 0.2) is 0 Å². The number of carboxylic acid groups (broad SMARTS) is 1. The zero-order chi connectivity index (χ0) is 26.2. The van der Waals surface area contributed by atoms with Crippen LogP contribution in [0.2, 0.25) is 5.02 Å². The van der Waals surface area contributed by atoms with Crippen molar-refractivity contribution in [3.8, 4) is 11.5 Å². The van der Waals surface area contributed by atoms with E-state index in [2.05, 4.69) is 9.72 Å². The number of nitrogens with one attached hydrogen (secondary N) is 1. The quantitative estimate of drug-likeness (QED) is 0.483. The van der Waals surface area contributed by atoms with Crippen LogP contribution in [0.4, 0.5) is 24.7 Å². The Balaban J connectivity index is 1.82. The van der Waals surface area contributed by atoms with Gasteiger partial charge in [-0.2, -0.15) is 0 Å². The summed E-state index contributed by atoms with van der Waals surface area (Å²) in [5, 5.41) is 10.0. The molecule has 4 rings (SSSR count). The highest BCUT2D eigenvalue weighted by molar-refractivity contribution is 6.30. The van der Waals surface area contributed by atoms with Gasteiger partial charge < -0.3 is 19.5 Å². The Labute approximate surface area is 205 Å². The van der Waals surface area contributed by atoms with Crippen molar-refractivity contribution in [1.82, 2.24) is 9.55 Å². The number of ether oxygens (including phenoxy) is 2. The summed E-state index contributed by atoms with van der Waals surface area (Å²) in [5.41, 5.74) is -0.987. The largest absolute Gasteiger partial charge is 0.573 e. The van der Waals surface area contributed by atoms with Gasteiger partial charge in [-0.05, 0) is 29.8 Å². The van der Waals surface area contributed by atoms with Gasteiger partial charge >= 0.3 is 18.0 Å². The molecule has 190 valence electrons. The minimum Gasteiger partial charge on any atom is -0.480 e. The summed E-state index contributed by atoms with van der Waals surface area (Å²) < 4.78 is 49.0. The number of carbonyl (C=O) groups is 1. The molecule has 2 aromatic carbocycles. The Hall–Kier alpha value is -4.13. The highest BCUT2D eigenvalue weighted by Gasteiger charge is 2.43. The fourth-order valence-electron chi connectivity index (χ4n) is 3.80. The van der Waals surface area contributed by atoms with Gasteiger partial charge in [-0.15, -0.1) is 13.2 Å². The van der Waals surface area contributed by atoms with E-state index in [1.54, 1.807) is 24.3 Å². The number of nitrogens with zero attached hydrogens (tertiary/aromatic N) is 3. The van der Waals surface area contributed by atoms with Crippen molar-refractivity contribution in [1.29, 1.82) is 0 Å². The van der Waals surface area contributed by atoms with Gasteiger partial charge in [0.25, 0.3) is 11.9 Å². The maximum atomic E-state index is 12.9. The number of anilines is 2. The molecule has 1 aromatic heterocycles. The normalized spacial score (nSPS) is 15.1. The van der Waals surface area contributed by atoms with Crippen LogP contribution >= 0.6 is 11.6 Å². The predicted octanol–water partition coefficient (Wildman–Crippen LogP) is 2.90. The number of fused-ring (bicyclic) bond motifs is 1. The second-order valence-corrected chi connectivity index (χ2v) is 8.17. The summed E-state index contributed by atoms with van der Waals surface area (Å²) in [4.78, 5) is 41.6. The summed E-state index contributed by atoms with van der Waals surface area (Å²) in [7, 11) is 1.34. The Morgan fingerprint density at radius 1 is 1.11 bits per heavy atom. The standard InChI is InChI=1S/C22H18ClF3N4O6/c1-28-19-17(18(33)27-20(28)34)29(10-12-5-7-13(23)8-6-12)21(30(19)11-16(31)32)35-14-3-2-4-15(9-14)36-22(24,25)26/h2-9,21H,10-11H2,1H3,(H,31,32)(H,27,33,34). The monoisotopic (exact) mass is 526 g/mol. The van der Waals surface area contributed by atoms with Gasteiger partial charge in [-0.1, -0.05) is 29.8 Å². The Kier molecular flexibility index (Phi) is 6.59. The van der Waals surface area contributed by atoms with Gasteiger partial charge in [0.2, 0.25) is 0 Å². The lowest BCUT2D eigenvalue weighted by atomic mass is 10.2. The number of hydrogen-bond acceptors (Lipinski definition) is 7. The molecule has 2 heterocycles. The highest BCUT2D eigenvalue weighted by Crippen LogP contribution is 2.38. The van der Waals surface area contributed by atoms with Crippen LogP contribution in [0.5, 0.6) is 11.5 Å². The van der Waals surface area contributed by atoms with E-state index in [1.165, 1.54) is 24.1 Å². The molecule has 36 heavy (non-hydrogen) atoms. The van der Waals surface area contributed by atoms with E-state index in [0.717, 1.165) is 21.6 Å². The van der Waals surface area contributed by atoms with E-state index in [9.17, 15) is 32.7 Å². The number of benzene rings is 2. The van der Waals surface area contributed by atoms with E-state index in [-0.39, 0.29) is 23.8 Å². The molecule has 0 bridgehead atoms. The number of halogens is 4. The fourth-order valence-corrected chi connectivity index (χ4v) is 3.93. The van der Waals surface area contributed by atoms with E-state index >= 15 is 0 Å². The SMILES string of the molecule is Cn1c2c(c(=O)[nH]c1=O)N(Cc1ccc(Cl)cc1)C(Oc1cccc(OC(F)(F)F)c1)N2CC(=O)O. The summed E-state index contributed by atoms with van der Waals surface area (Å²) in [6.07, 6.45) is -6.27. The number of aromatic amines is 1. The molecule has 0 fully saturated rings. The van der Waals surface area contributed by atoms with Crippen LogP contribution in [0, 0.1) is 0 Å². The summed E-state index contributed by atoms with van der Waals surface area (Å²) in [6, 6.07) is 11.2. The van der Waals surface area contributed by atoms with Crippen molar-refractivity contribution in [3.63, 3.8) is 0 Å². The molecule has 0 spiro atoms. The van der Waals surface area contributed by atoms with Crippen LogP contribution in [0.15, 0.2) is 58.1 Å². The van der Waals surface area contributed by atoms with E-state index < -0.39 is 42.2 Å². The van der Waals surface area contributed by atoms with Crippen molar-refractivity contribution < 1.29 is 32.5 Å². The second kappa shape index (κ2) is 9.49. The lowest BCUT2D eigenvalue weighted by Gasteiger charge is -2.32. The fraction of sp³-hybridized carbons (Fsp3) is 0.227. The van der Waals surface area contributed by atoms with Crippen LogP contribution in [-0.4, -0.2) is 39.9 Å². The van der Waals surface area contributed by atoms with Gasteiger partial charge in [-0.25, -0.2) is 4.79 Å². The van der Waals surface area contributed by atoms with Crippen molar-refractivity contribution in [2.45, 2.75) is 19.3 Å². The topological polar surface area (TPSA) is 117 Å². The zero-order valence-corrected chi connectivity index (χ0v) is 19.2. The van der Waals surface area contributed by atoms with Crippen LogP contribution in [0.1, 0.15) is 5.56 Å². The van der Waals surface area contributed by atoms with Crippen LogP contribution in [0.3, 0.4) is 0 Å². The summed E-state index contributed by atoms with van der Waals surface area (Å²) in [6.45, 7) is -0.685. The number of aliphatic carboxylic acids is 1. The predicted molar refractivity (Wildman–Crippen MR) is 122 cm³/mol. The second-order valence-electron chi connectivity index (χ2n) is 7.73. The lowest BCUT2D eigenvalue weighted by Crippen LogP contribution is -2.49. The number of aromatic nitrogens is 2. The molecule has 3 aromatic rings. The van der Waals surface area contributed by atoms with Gasteiger partial charge in [0, 0.05) is 24.7 Å². The first-order chi connectivity index (χ1) is 16.9. The molecule has 0 saturated heterocycles. The highest BCUT2D eigenvalue weighted by atomic mass is 35.5. The Morgan fingerprint density at radius 2 is 1.78 bits per heavy atom. The number of H-pyrrole nitrogens is 1. The first-order valence-electron chi connectivity index (χ1n) is 10.3. The van der Waals surface area contributed by atoms with Crippen molar-refractivity contribution in [2.24, 2.45) is 7.05 Å². The maximum absolute atomic E-state index is 12.9.